The molecule has 3 heterocycles. The number of para-hydroxylation sites is 1. The third-order valence-electron chi connectivity index (χ3n) is 4.64. The van der Waals surface area contributed by atoms with Gasteiger partial charge in [-0.2, -0.15) is 5.10 Å². The summed E-state index contributed by atoms with van der Waals surface area (Å²) in [6.07, 6.45) is 5.31. The topological polar surface area (TPSA) is 50.2 Å². The summed E-state index contributed by atoms with van der Waals surface area (Å²) in [4.78, 5) is 14.6. The van der Waals surface area contributed by atoms with Crippen molar-refractivity contribution in [1.29, 1.82) is 0 Å². The molecule has 2 fully saturated rings. The Hall–Kier alpha value is -2.14. The molecule has 2 unspecified atom stereocenters. The summed E-state index contributed by atoms with van der Waals surface area (Å²) in [6.45, 7) is 1.62. The van der Waals surface area contributed by atoms with Gasteiger partial charge in [-0.3, -0.25) is 4.79 Å². The standard InChI is InChI=1S/C17H20N4O/c22-17(20-10-8-13-6-7-14(12-20)18-13)16-9-11-21(19-16)15-4-2-1-3-5-15/h1-5,9,11,13-14,18H,6-8,10,12H2. The van der Waals surface area contributed by atoms with Crippen molar-refractivity contribution in [3.63, 3.8) is 0 Å². The van der Waals surface area contributed by atoms with Crippen molar-refractivity contribution in [3.05, 3.63) is 48.3 Å². The van der Waals surface area contributed by atoms with Crippen LogP contribution in [0.15, 0.2) is 42.6 Å². The Balaban J connectivity index is 1.52. The fourth-order valence-corrected chi connectivity index (χ4v) is 3.45. The molecule has 1 aromatic carbocycles. The van der Waals surface area contributed by atoms with Gasteiger partial charge in [0.2, 0.25) is 0 Å². The lowest BCUT2D eigenvalue weighted by Crippen LogP contribution is -2.39. The van der Waals surface area contributed by atoms with Gasteiger partial charge in [0, 0.05) is 31.4 Å². The Morgan fingerprint density at radius 2 is 1.91 bits per heavy atom. The molecule has 0 spiro atoms. The first kappa shape index (κ1) is 13.5. The quantitative estimate of drug-likeness (QED) is 0.920. The van der Waals surface area contributed by atoms with Gasteiger partial charge >= 0.3 is 0 Å². The molecule has 1 N–H and O–H groups in total. The number of aromatic nitrogens is 2. The summed E-state index contributed by atoms with van der Waals surface area (Å²) in [6, 6.07) is 12.7. The van der Waals surface area contributed by atoms with E-state index in [1.165, 1.54) is 12.8 Å². The molecule has 2 aliphatic rings. The third-order valence-corrected chi connectivity index (χ3v) is 4.64. The Morgan fingerprint density at radius 3 is 2.77 bits per heavy atom. The lowest BCUT2D eigenvalue weighted by Gasteiger charge is -2.23. The van der Waals surface area contributed by atoms with E-state index in [1.54, 1.807) is 4.68 Å². The average molecular weight is 296 g/mol. The Morgan fingerprint density at radius 1 is 1.09 bits per heavy atom. The smallest absolute Gasteiger partial charge is 0.274 e. The lowest BCUT2D eigenvalue weighted by atomic mass is 10.1. The number of carbonyl (C=O) groups excluding carboxylic acids is 1. The zero-order valence-electron chi connectivity index (χ0n) is 12.5. The molecule has 5 heteroatoms. The van der Waals surface area contributed by atoms with Crippen LogP contribution in [-0.2, 0) is 0 Å². The number of amides is 1. The maximum atomic E-state index is 12.7. The normalized spacial score (nSPS) is 24.3. The predicted molar refractivity (Wildman–Crippen MR) is 84.0 cm³/mol. The number of rotatable bonds is 2. The minimum absolute atomic E-state index is 0.0454. The Labute approximate surface area is 129 Å². The van der Waals surface area contributed by atoms with Crippen LogP contribution in [0, 0.1) is 0 Å². The van der Waals surface area contributed by atoms with E-state index >= 15 is 0 Å². The van der Waals surface area contributed by atoms with Gasteiger partial charge in [-0.25, -0.2) is 4.68 Å². The number of likely N-dealkylation sites (tertiary alicyclic amines) is 1. The van der Waals surface area contributed by atoms with Crippen LogP contribution in [0.1, 0.15) is 29.8 Å². The summed E-state index contributed by atoms with van der Waals surface area (Å²) in [7, 11) is 0. The first-order valence-corrected chi connectivity index (χ1v) is 7.96. The van der Waals surface area contributed by atoms with Crippen molar-refractivity contribution in [2.24, 2.45) is 0 Å². The van der Waals surface area contributed by atoms with Crippen LogP contribution in [-0.4, -0.2) is 45.8 Å². The van der Waals surface area contributed by atoms with E-state index < -0.39 is 0 Å². The van der Waals surface area contributed by atoms with Gasteiger partial charge in [0.1, 0.15) is 0 Å². The summed E-state index contributed by atoms with van der Waals surface area (Å²) < 4.78 is 1.76. The molecule has 2 aliphatic heterocycles. The van der Waals surface area contributed by atoms with Crippen LogP contribution in [0.5, 0.6) is 0 Å². The van der Waals surface area contributed by atoms with Crippen LogP contribution in [0.25, 0.3) is 5.69 Å². The molecule has 2 aromatic rings. The summed E-state index contributed by atoms with van der Waals surface area (Å²) >= 11 is 0. The minimum Gasteiger partial charge on any atom is -0.336 e. The molecular formula is C17H20N4O. The van der Waals surface area contributed by atoms with E-state index in [0.717, 1.165) is 25.2 Å². The highest BCUT2D eigenvalue weighted by molar-refractivity contribution is 5.92. The van der Waals surface area contributed by atoms with Crippen molar-refractivity contribution in [2.45, 2.75) is 31.3 Å². The number of nitrogens with one attached hydrogen (secondary N) is 1. The maximum absolute atomic E-state index is 12.7. The van der Waals surface area contributed by atoms with Gasteiger partial charge in [-0.1, -0.05) is 18.2 Å². The number of benzene rings is 1. The summed E-state index contributed by atoms with van der Waals surface area (Å²) in [5, 5.41) is 8.05. The van der Waals surface area contributed by atoms with Gasteiger partial charge < -0.3 is 10.2 Å². The number of nitrogens with zero attached hydrogens (tertiary/aromatic N) is 3. The first-order chi connectivity index (χ1) is 10.8. The average Bonchev–Trinajstić information content (AvgIpc) is 3.14. The van der Waals surface area contributed by atoms with Crippen molar-refractivity contribution in [2.75, 3.05) is 13.1 Å². The zero-order chi connectivity index (χ0) is 14.9. The van der Waals surface area contributed by atoms with E-state index in [2.05, 4.69) is 10.4 Å². The molecule has 114 valence electrons. The fourth-order valence-electron chi connectivity index (χ4n) is 3.45. The molecule has 4 rings (SSSR count). The highest BCUT2D eigenvalue weighted by Crippen LogP contribution is 2.21. The molecule has 0 saturated carbocycles. The second-order valence-corrected chi connectivity index (χ2v) is 6.16. The van der Waals surface area contributed by atoms with Crippen molar-refractivity contribution in [1.82, 2.24) is 20.0 Å². The highest BCUT2D eigenvalue weighted by Gasteiger charge is 2.32. The number of carbonyl (C=O) groups is 1. The minimum atomic E-state index is 0.0454. The monoisotopic (exact) mass is 296 g/mol. The van der Waals surface area contributed by atoms with Gasteiger partial charge in [-0.15, -0.1) is 0 Å². The van der Waals surface area contributed by atoms with Crippen LogP contribution in [0.2, 0.25) is 0 Å². The molecule has 5 nitrogen and oxygen atoms in total. The van der Waals surface area contributed by atoms with Gasteiger partial charge in [0.15, 0.2) is 5.69 Å². The molecule has 1 aromatic heterocycles. The van der Waals surface area contributed by atoms with E-state index in [-0.39, 0.29) is 5.91 Å². The van der Waals surface area contributed by atoms with Crippen LogP contribution >= 0.6 is 0 Å². The molecule has 0 aliphatic carbocycles. The number of hydrogen-bond acceptors (Lipinski definition) is 3. The van der Waals surface area contributed by atoms with Gasteiger partial charge in [0.05, 0.1) is 5.69 Å². The molecular weight excluding hydrogens is 276 g/mol. The van der Waals surface area contributed by atoms with E-state index in [0.29, 0.717) is 17.8 Å². The highest BCUT2D eigenvalue weighted by atomic mass is 16.2. The number of hydrogen-bond donors (Lipinski definition) is 1. The fraction of sp³-hybridized carbons (Fsp3) is 0.412. The Kier molecular flexibility index (Phi) is 3.42. The van der Waals surface area contributed by atoms with E-state index in [9.17, 15) is 4.79 Å². The van der Waals surface area contributed by atoms with Crippen molar-refractivity contribution in [3.8, 4) is 5.69 Å². The second-order valence-electron chi connectivity index (χ2n) is 6.16. The predicted octanol–water partition coefficient (Wildman–Crippen LogP) is 1.84. The van der Waals surface area contributed by atoms with Crippen molar-refractivity contribution < 1.29 is 4.79 Å². The SMILES string of the molecule is O=C(c1ccn(-c2ccccc2)n1)N1CCC2CCC(C1)N2. The van der Waals surface area contributed by atoms with E-state index in [1.807, 2.05) is 47.5 Å². The van der Waals surface area contributed by atoms with Crippen LogP contribution < -0.4 is 5.32 Å². The molecule has 2 atom stereocenters. The molecule has 2 saturated heterocycles. The lowest BCUT2D eigenvalue weighted by molar-refractivity contribution is 0.0742. The first-order valence-electron chi connectivity index (χ1n) is 7.96. The molecule has 22 heavy (non-hydrogen) atoms. The maximum Gasteiger partial charge on any atom is 0.274 e. The second kappa shape index (κ2) is 5.57. The van der Waals surface area contributed by atoms with Crippen molar-refractivity contribution >= 4 is 5.91 Å². The molecule has 2 bridgehead atoms. The third kappa shape index (κ3) is 2.52. The molecule has 1 amide bonds. The van der Waals surface area contributed by atoms with Gasteiger partial charge in [0.25, 0.3) is 5.91 Å². The zero-order valence-corrected chi connectivity index (χ0v) is 12.5. The molecule has 0 radical (unpaired) electrons. The Bertz CT molecular complexity index is 666. The largest absolute Gasteiger partial charge is 0.336 e. The summed E-state index contributed by atoms with van der Waals surface area (Å²) in [5.74, 6) is 0.0454. The summed E-state index contributed by atoms with van der Waals surface area (Å²) in [5.41, 5.74) is 1.50. The van der Waals surface area contributed by atoms with Gasteiger partial charge in [-0.05, 0) is 37.5 Å². The van der Waals surface area contributed by atoms with Crippen LogP contribution in [0.3, 0.4) is 0 Å². The van der Waals surface area contributed by atoms with E-state index in [4.69, 9.17) is 0 Å². The van der Waals surface area contributed by atoms with Crippen LogP contribution in [0.4, 0.5) is 0 Å². The number of fused-ring (bicyclic) bond motifs is 2.